The molecule has 1 aromatic rings. The number of rotatable bonds is 1. The molecule has 1 N–H and O–H groups in total. The number of benzene rings is 1. The van der Waals surface area contributed by atoms with Crippen molar-refractivity contribution in [1.29, 1.82) is 0 Å². The summed E-state index contributed by atoms with van der Waals surface area (Å²) in [5.41, 5.74) is 2.76. The standard InChI is InChI=1S/C15H23BrN2/c1-11-5-6-13(9-14(11)16)18-8-7-12(2)17-10-15(18,3)4/h5-6,9,12,17H,7-8,10H2,1-4H3. The Kier molecular flexibility index (Phi) is 4.02. The van der Waals surface area contributed by atoms with Crippen LogP contribution in [0, 0.1) is 6.92 Å². The molecule has 3 heteroatoms. The van der Waals surface area contributed by atoms with Crippen molar-refractivity contribution >= 4 is 21.6 Å². The Morgan fingerprint density at radius 2 is 2.11 bits per heavy atom. The summed E-state index contributed by atoms with van der Waals surface area (Å²) in [6.45, 7) is 11.2. The van der Waals surface area contributed by atoms with Crippen LogP contribution < -0.4 is 10.2 Å². The molecule has 0 saturated carbocycles. The molecular weight excluding hydrogens is 288 g/mol. The summed E-state index contributed by atoms with van der Waals surface area (Å²) < 4.78 is 1.20. The first-order chi connectivity index (χ1) is 8.40. The van der Waals surface area contributed by atoms with E-state index in [1.807, 2.05) is 0 Å². The van der Waals surface area contributed by atoms with Crippen LogP contribution in [0.25, 0.3) is 0 Å². The molecule has 0 bridgehead atoms. The maximum absolute atomic E-state index is 3.64. The molecule has 0 amide bonds. The van der Waals surface area contributed by atoms with E-state index in [0.29, 0.717) is 6.04 Å². The van der Waals surface area contributed by atoms with Crippen LogP contribution in [0.5, 0.6) is 0 Å². The van der Waals surface area contributed by atoms with Gasteiger partial charge >= 0.3 is 0 Å². The van der Waals surface area contributed by atoms with Gasteiger partial charge in [-0.15, -0.1) is 0 Å². The maximum Gasteiger partial charge on any atom is 0.0470 e. The minimum Gasteiger partial charge on any atom is -0.365 e. The van der Waals surface area contributed by atoms with Crippen molar-refractivity contribution in [3.63, 3.8) is 0 Å². The number of nitrogens with zero attached hydrogens (tertiary/aromatic N) is 1. The highest BCUT2D eigenvalue weighted by Gasteiger charge is 2.30. The molecule has 1 aliphatic heterocycles. The molecule has 0 radical (unpaired) electrons. The van der Waals surface area contributed by atoms with E-state index in [9.17, 15) is 0 Å². The Labute approximate surface area is 119 Å². The first-order valence-electron chi connectivity index (χ1n) is 6.67. The molecule has 0 aliphatic carbocycles. The number of nitrogens with one attached hydrogen (secondary N) is 1. The quantitative estimate of drug-likeness (QED) is 0.850. The normalized spacial score (nSPS) is 23.8. The molecule has 1 atom stereocenters. The van der Waals surface area contributed by atoms with Crippen molar-refractivity contribution < 1.29 is 0 Å². The van der Waals surface area contributed by atoms with Gasteiger partial charge in [0.2, 0.25) is 0 Å². The molecule has 1 heterocycles. The Morgan fingerprint density at radius 3 is 2.78 bits per heavy atom. The van der Waals surface area contributed by atoms with Gasteiger partial charge in [-0.05, 0) is 51.8 Å². The van der Waals surface area contributed by atoms with Gasteiger partial charge in [0.25, 0.3) is 0 Å². The molecule has 1 saturated heterocycles. The van der Waals surface area contributed by atoms with Crippen LogP contribution in [0.15, 0.2) is 22.7 Å². The topological polar surface area (TPSA) is 15.3 Å². The first kappa shape index (κ1) is 13.9. The lowest BCUT2D eigenvalue weighted by molar-refractivity contribution is 0.447. The van der Waals surface area contributed by atoms with Crippen molar-refractivity contribution in [3.05, 3.63) is 28.2 Å². The van der Waals surface area contributed by atoms with Gasteiger partial charge in [0.15, 0.2) is 0 Å². The molecule has 2 rings (SSSR count). The minimum absolute atomic E-state index is 0.152. The van der Waals surface area contributed by atoms with Gasteiger partial charge < -0.3 is 10.2 Å². The Bertz CT molecular complexity index is 429. The summed E-state index contributed by atoms with van der Waals surface area (Å²) in [7, 11) is 0. The van der Waals surface area contributed by atoms with Crippen LogP contribution in [0.3, 0.4) is 0 Å². The minimum atomic E-state index is 0.152. The van der Waals surface area contributed by atoms with E-state index in [4.69, 9.17) is 0 Å². The summed E-state index contributed by atoms with van der Waals surface area (Å²) >= 11 is 3.64. The number of anilines is 1. The van der Waals surface area contributed by atoms with Gasteiger partial charge in [-0.1, -0.05) is 22.0 Å². The van der Waals surface area contributed by atoms with Gasteiger partial charge in [0, 0.05) is 34.8 Å². The second-order valence-corrected chi connectivity index (χ2v) is 6.82. The molecule has 0 aromatic heterocycles. The van der Waals surface area contributed by atoms with Crippen molar-refractivity contribution in [2.75, 3.05) is 18.0 Å². The summed E-state index contributed by atoms with van der Waals surface area (Å²) in [5, 5.41) is 3.61. The highest BCUT2D eigenvalue weighted by Crippen LogP contribution is 2.30. The van der Waals surface area contributed by atoms with Gasteiger partial charge in [-0.3, -0.25) is 0 Å². The lowest BCUT2D eigenvalue weighted by Crippen LogP contribution is -2.49. The van der Waals surface area contributed by atoms with E-state index in [1.54, 1.807) is 0 Å². The lowest BCUT2D eigenvalue weighted by atomic mass is 10.0. The third kappa shape index (κ3) is 2.89. The molecular formula is C15H23BrN2. The van der Waals surface area contributed by atoms with Crippen molar-refractivity contribution in [3.8, 4) is 0 Å². The largest absolute Gasteiger partial charge is 0.365 e. The Morgan fingerprint density at radius 1 is 1.39 bits per heavy atom. The number of hydrogen-bond acceptors (Lipinski definition) is 2. The van der Waals surface area contributed by atoms with Crippen LogP contribution in [0.4, 0.5) is 5.69 Å². The van der Waals surface area contributed by atoms with E-state index in [0.717, 1.165) is 13.1 Å². The molecule has 100 valence electrons. The monoisotopic (exact) mass is 310 g/mol. The summed E-state index contributed by atoms with van der Waals surface area (Å²) in [6.07, 6.45) is 1.19. The molecule has 2 nitrogen and oxygen atoms in total. The maximum atomic E-state index is 3.64. The van der Waals surface area contributed by atoms with E-state index >= 15 is 0 Å². The van der Waals surface area contributed by atoms with Crippen LogP contribution >= 0.6 is 15.9 Å². The lowest BCUT2D eigenvalue weighted by Gasteiger charge is -2.39. The zero-order chi connectivity index (χ0) is 13.3. The molecule has 1 aromatic carbocycles. The molecule has 18 heavy (non-hydrogen) atoms. The van der Waals surface area contributed by atoms with Crippen LogP contribution in [-0.4, -0.2) is 24.7 Å². The second-order valence-electron chi connectivity index (χ2n) is 5.97. The van der Waals surface area contributed by atoms with E-state index in [-0.39, 0.29) is 5.54 Å². The average Bonchev–Trinajstić information content (AvgIpc) is 2.43. The van der Waals surface area contributed by atoms with Crippen molar-refractivity contribution in [1.82, 2.24) is 5.32 Å². The highest BCUT2D eigenvalue weighted by molar-refractivity contribution is 9.10. The third-order valence-electron chi connectivity index (χ3n) is 3.87. The third-order valence-corrected chi connectivity index (χ3v) is 4.72. The summed E-state index contributed by atoms with van der Waals surface area (Å²) in [5.74, 6) is 0. The highest BCUT2D eigenvalue weighted by atomic mass is 79.9. The fourth-order valence-electron chi connectivity index (χ4n) is 2.48. The van der Waals surface area contributed by atoms with Crippen LogP contribution in [0.2, 0.25) is 0 Å². The average molecular weight is 311 g/mol. The van der Waals surface area contributed by atoms with E-state index in [1.165, 1.54) is 22.1 Å². The fraction of sp³-hybridized carbons (Fsp3) is 0.600. The smallest absolute Gasteiger partial charge is 0.0470 e. The fourth-order valence-corrected chi connectivity index (χ4v) is 2.84. The van der Waals surface area contributed by atoms with Crippen LogP contribution in [-0.2, 0) is 0 Å². The predicted octanol–water partition coefficient (Wildman–Crippen LogP) is 3.72. The Hall–Kier alpha value is -0.540. The number of hydrogen-bond donors (Lipinski definition) is 1. The van der Waals surface area contributed by atoms with Crippen molar-refractivity contribution in [2.24, 2.45) is 0 Å². The van der Waals surface area contributed by atoms with Crippen LogP contribution in [0.1, 0.15) is 32.8 Å². The van der Waals surface area contributed by atoms with Gasteiger partial charge in [-0.25, -0.2) is 0 Å². The van der Waals surface area contributed by atoms with E-state index in [2.05, 4.69) is 72.0 Å². The number of aryl methyl sites for hydroxylation is 1. The number of halogens is 1. The SMILES string of the molecule is Cc1ccc(N2CCC(C)NCC2(C)C)cc1Br. The summed E-state index contributed by atoms with van der Waals surface area (Å²) in [6, 6.07) is 7.27. The van der Waals surface area contributed by atoms with E-state index < -0.39 is 0 Å². The van der Waals surface area contributed by atoms with Gasteiger partial charge in [0.1, 0.15) is 0 Å². The molecule has 1 fully saturated rings. The van der Waals surface area contributed by atoms with Gasteiger partial charge in [-0.2, -0.15) is 0 Å². The molecule has 1 unspecified atom stereocenters. The molecule has 0 spiro atoms. The predicted molar refractivity (Wildman–Crippen MR) is 82.4 cm³/mol. The zero-order valence-electron chi connectivity index (χ0n) is 11.8. The summed E-state index contributed by atoms with van der Waals surface area (Å²) in [4.78, 5) is 2.52. The molecule has 1 aliphatic rings. The first-order valence-corrected chi connectivity index (χ1v) is 7.46. The Balaban J connectivity index is 2.31. The zero-order valence-corrected chi connectivity index (χ0v) is 13.3. The second kappa shape index (κ2) is 5.22. The van der Waals surface area contributed by atoms with Crippen molar-refractivity contribution in [2.45, 2.75) is 45.7 Å². The van der Waals surface area contributed by atoms with Gasteiger partial charge in [0.05, 0.1) is 0 Å².